The predicted octanol–water partition coefficient (Wildman–Crippen LogP) is 1.98. The second kappa shape index (κ2) is 6.25. The number of nitro benzene ring substituents is 1. The summed E-state index contributed by atoms with van der Waals surface area (Å²) in [7, 11) is 0. The fourth-order valence-corrected chi connectivity index (χ4v) is 2.46. The molecule has 1 aliphatic heterocycles. The Morgan fingerprint density at radius 2 is 2.08 bits per heavy atom. The number of nitrogens with one attached hydrogen (secondary N) is 1. The van der Waals surface area contributed by atoms with Crippen LogP contribution in [-0.2, 0) is 6.54 Å². The van der Waals surface area contributed by atoms with Gasteiger partial charge in [-0.2, -0.15) is 0 Å². The fourth-order valence-electron chi connectivity index (χ4n) is 2.19. The number of amides is 1. The lowest BCUT2D eigenvalue weighted by Crippen LogP contribution is -2.23. The lowest BCUT2D eigenvalue weighted by molar-refractivity contribution is -0.385. The highest BCUT2D eigenvalue weighted by Gasteiger charge is 2.20. The molecule has 1 aliphatic rings. The summed E-state index contributed by atoms with van der Waals surface area (Å²) in [5.41, 5.74) is 0.122. The van der Waals surface area contributed by atoms with Crippen molar-refractivity contribution in [1.82, 2.24) is 5.32 Å². The van der Waals surface area contributed by atoms with Crippen LogP contribution in [0.3, 0.4) is 0 Å². The average Bonchev–Trinajstić information content (AvgIpc) is 3.02. The molecule has 0 unspecified atom stereocenters. The predicted molar refractivity (Wildman–Crippen MR) is 81.3 cm³/mol. The first-order chi connectivity index (χ1) is 11.5. The highest BCUT2D eigenvalue weighted by molar-refractivity contribution is 6.32. The third-order valence-corrected chi connectivity index (χ3v) is 3.66. The molecule has 3 rings (SSSR count). The van der Waals surface area contributed by atoms with Crippen LogP contribution in [0.2, 0.25) is 5.02 Å². The van der Waals surface area contributed by atoms with Crippen LogP contribution >= 0.6 is 11.6 Å². The highest BCUT2D eigenvalue weighted by Crippen LogP contribution is 2.39. The number of nitrogens with zero attached hydrogens (tertiary/aromatic N) is 1. The second-order valence-electron chi connectivity index (χ2n) is 4.92. The number of ether oxygens (including phenoxy) is 2. The van der Waals surface area contributed by atoms with E-state index in [1.54, 1.807) is 0 Å². The number of benzene rings is 2. The third-order valence-electron chi connectivity index (χ3n) is 3.38. The molecule has 1 N–H and O–H groups in total. The molecule has 0 aromatic heterocycles. The standard InChI is InChI=1S/C15H11ClN2O6/c16-11-4-8(5-13-14(11)24-7-23-13)15(20)17-6-9-3-10(18(21)22)1-2-12(9)19/h1-5,19H,6-7H2,(H,17,20)/p-1. The Kier molecular flexibility index (Phi) is 4.13. The SMILES string of the molecule is O=C(NCc1cc([N+](=O)[O-])ccc1[O-])c1cc(Cl)c2c(c1)OCO2. The van der Waals surface area contributed by atoms with Crippen LogP contribution in [0.25, 0.3) is 0 Å². The number of rotatable bonds is 4. The van der Waals surface area contributed by atoms with E-state index < -0.39 is 16.6 Å². The molecule has 0 saturated heterocycles. The fraction of sp³-hybridized carbons (Fsp3) is 0.133. The van der Waals surface area contributed by atoms with Gasteiger partial charge >= 0.3 is 0 Å². The van der Waals surface area contributed by atoms with Gasteiger partial charge < -0.3 is 19.9 Å². The summed E-state index contributed by atoms with van der Waals surface area (Å²) in [6, 6.07) is 6.22. The molecule has 1 heterocycles. The highest BCUT2D eigenvalue weighted by atomic mass is 35.5. The van der Waals surface area contributed by atoms with Gasteiger partial charge in [-0.15, -0.1) is 5.75 Å². The van der Waals surface area contributed by atoms with E-state index in [2.05, 4.69) is 5.32 Å². The van der Waals surface area contributed by atoms with Crippen molar-refractivity contribution in [2.45, 2.75) is 6.54 Å². The monoisotopic (exact) mass is 349 g/mol. The summed E-state index contributed by atoms with van der Waals surface area (Å²) in [5.74, 6) is -0.174. The van der Waals surface area contributed by atoms with Crippen LogP contribution in [-0.4, -0.2) is 17.6 Å². The lowest BCUT2D eigenvalue weighted by Gasteiger charge is -2.14. The minimum absolute atomic E-state index is 0.0212. The van der Waals surface area contributed by atoms with E-state index in [9.17, 15) is 20.0 Å². The van der Waals surface area contributed by atoms with E-state index in [4.69, 9.17) is 21.1 Å². The van der Waals surface area contributed by atoms with E-state index >= 15 is 0 Å². The van der Waals surface area contributed by atoms with Crippen LogP contribution in [0.4, 0.5) is 5.69 Å². The maximum atomic E-state index is 12.2. The van der Waals surface area contributed by atoms with Gasteiger partial charge in [0.25, 0.3) is 11.6 Å². The van der Waals surface area contributed by atoms with Crippen molar-refractivity contribution in [2.75, 3.05) is 6.79 Å². The van der Waals surface area contributed by atoms with Crippen molar-refractivity contribution in [2.24, 2.45) is 0 Å². The molecule has 0 radical (unpaired) electrons. The molecule has 0 saturated carbocycles. The zero-order valence-corrected chi connectivity index (χ0v) is 12.8. The molecule has 0 aliphatic carbocycles. The summed E-state index contributed by atoms with van der Waals surface area (Å²) in [6.45, 7) is -0.126. The summed E-state index contributed by atoms with van der Waals surface area (Å²) in [6.07, 6.45) is 0. The average molecular weight is 350 g/mol. The van der Waals surface area contributed by atoms with Gasteiger partial charge in [-0.05, 0) is 17.7 Å². The number of non-ortho nitro benzene ring substituents is 1. The molecule has 2 aromatic carbocycles. The normalized spacial score (nSPS) is 12.0. The first-order valence-electron chi connectivity index (χ1n) is 6.77. The van der Waals surface area contributed by atoms with Gasteiger partial charge in [0.1, 0.15) is 0 Å². The van der Waals surface area contributed by atoms with Gasteiger partial charge in [0.05, 0.1) is 9.95 Å². The van der Waals surface area contributed by atoms with Crippen molar-refractivity contribution in [3.05, 3.63) is 56.6 Å². The van der Waals surface area contributed by atoms with Crippen molar-refractivity contribution in [1.29, 1.82) is 0 Å². The molecular weight excluding hydrogens is 340 g/mol. The van der Waals surface area contributed by atoms with Crippen LogP contribution in [0.15, 0.2) is 30.3 Å². The number of carbonyl (C=O) groups is 1. The number of halogens is 1. The van der Waals surface area contributed by atoms with Crippen LogP contribution in [0.1, 0.15) is 15.9 Å². The summed E-state index contributed by atoms with van der Waals surface area (Å²) >= 11 is 6.01. The number of fused-ring (bicyclic) bond motifs is 1. The van der Waals surface area contributed by atoms with Gasteiger partial charge in [0.2, 0.25) is 6.79 Å². The smallest absolute Gasteiger partial charge is 0.269 e. The van der Waals surface area contributed by atoms with Gasteiger partial charge in [-0.1, -0.05) is 17.7 Å². The van der Waals surface area contributed by atoms with Gasteiger partial charge in [-0.25, -0.2) is 0 Å². The molecule has 1 amide bonds. The number of hydrogen-bond acceptors (Lipinski definition) is 6. The second-order valence-corrected chi connectivity index (χ2v) is 5.33. The summed E-state index contributed by atoms with van der Waals surface area (Å²) < 4.78 is 10.3. The molecule has 124 valence electrons. The van der Waals surface area contributed by atoms with Crippen molar-refractivity contribution in [3.8, 4) is 17.2 Å². The van der Waals surface area contributed by atoms with Crippen molar-refractivity contribution in [3.63, 3.8) is 0 Å². The summed E-state index contributed by atoms with van der Waals surface area (Å²) in [5, 5.41) is 25.2. The largest absolute Gasteiger partial charge is 0.872 e. The van der Waals surface area contributed by atoms with Gasteiger partial charge in [0.15, 0.2) is 11.5 Å². The van der Waals surface area contributed by atoms with Crippen LogP contribution in [0, 0.1) is 10.1 Å². The van der Waals surface area contributed by atoms with Crippen molar-refractivity contribution < 1.29 is 24.3 Å². The van der Waals surface area contributed by atoms with E-state index in [0.717, 1.165) is 18.2 Å². The zero-order chi connectivity index (χ0) is 17.3. The molecule has 0 fully saturated rings. The first kappa shape index (κ1) is 15.9. The Balaban J connectivity index is 1.76. The number of carbonyl (C=O) groups excluding carboxylic acids is 1. The molecule has 24 heavy (non-hydrogen) atoms. The molecule has 9 heteroatoms. The zero-order valence-electron chi connectivity index (χ0n) is 12.1. The first-order valence-corrected chi connectivity index (χ1v) is 7.15. The van der Waals surface area contributed by atoms with Gasteiger partial charge in [0, 0.05) is 24.2 Å². The summed E-state index contributed by atoms with van der Waals surface area (Å²) in [4.78, 5) is 22.3. The minimum Gasteiger partial charge on any atom is -0.872 e. The quantitative estimate of drug-likeness (QED) is 0.666. The molecular formula is C15H10ClN2O6-. The Labute approximate surface area is 140 Å². The lowest BCUT2D eigenvalue weighted by atomic mass is 10.1. The maximum absolute atomic E-state index is 12.2. The molecule has 0 spiro atoms. The van der Waals surface area contributed by atoms with E-state index in [-0.39, 0.29) is 35.2 Å². The minimum atomic E-state index is -0.609. The number of hydrogen-bond donors (Lipinski definition) is 1. The number of nitro groups is 1. The Hall–Kier alpha value is -3.00. The van der Waals surface area contributed by atoms with Gasteiger partial charge in [-0.3, -0.25) is 14.9 Å². The Bertz CT molecular complexity index is 839. The Morgan fingerprint density at radius 1 is 1.29 bits per heavy atom. The molecule has 0 bridgehead atoms. The molecule has 2 aromatic rings. The topological polar surface area (TPSA) is 114 Å². The molecule has 8 nitrogen and oxygen atoms in total. The van der Waals surface area contributed by atoms with Crippen LogP contribution < -0.4 is 19.9 Å². The molecule has 0 atom stereocenters. The van der Waals surface area contributed by atoms with Crippen molar-refractivity contribution >= 4 is 23.2 Å². The van der Waals surface area contributed by atoms with Crippen LogP contribution in [0.5, 0.6) is 17.2 Å². The Morgan fingerprint density at radius 3 is 2.83 bits per heavy atom. The van der Waals surface area contributed by atoms with E-state index in [0.29, 0.717) is 11.5 Å². The van der Waals surface area contributed by atoms with E-state index in [1.165, 1.54) is 12.1 Å². The third kappa shape index (κ3) is 3.04. The maximum Gasteiger partial charge on any atom is 0.269 e. The van der Waals surface area contributed by atoms with E-state index in [1.807, 2.05) is 0 Å².